The number of unbranched alkanes of at least 4 members (excludes halogenated alkanes) is 2. The van der Waals surface area contributed by atoms with Crippen molar-refractivity contribution in [2.24, 2.45) is 0 Å². The van der Waals surface area contributed by atoms with Gasteiger partial charge in [0.1, 0.15) is 12.2 Å². The van der Waals surface area contributed by atoms with E-state index in [0.29, 0.717) is 24.7 Å². The van der Waals surface area contributed by atoms with E-state index in [9.17, 15) is 14.4 Å². The van der Waals surface area contributed by atoms with Gasteiger partial charge in [0, 0.05) is 0 Å². The van der Waals surface area contributed by atoms with Crippen LogP contribution in [0.5, 0.6) is 0 Å². The first-order valence-corrected chi connectivity index (χ1v) is 10.6. The second-order valence-corrected chi connectivity index (χ2v) is 7.39. The second-order valence-electron chi connectivity index (χ2n) is 7.39. The molecule has 0 radical (unpaired) electrons. The van der Waals surface area contributed by atoms with Crippen LogP contribution >= 0.6 is 0 Å². The highest BCUT2D eigenvalue weighted by molar-refractivity contribution is 5.89. The maximum Gasteiger partial charge on any atom is 0.338 e. The molecule has 6 nitrogen and oxygen atoms in total. The average molecular weight is 427 g/mol. The third-order valence-electron chi connectivity index (χ3n) is 4.93. The van der Waals surface area contributed by atoms with Crippen LogP contribution in [0.1, 0.15) is 54.9 Å². The summed E-state index contributed by atoms with van der Waals surface area (Å²) >= 11 is 0. The minimum Gasteiger partial charge on any atom is -0.461 e. The van der Waals surface area contributed by atoms with E-state index in [2.05, 4.69) is 0 Å². The molecule has 0 saturated heterocycles. The Morgan fingerprint density at radius 3 is 2.19 bits per heavy atom. The highest BCUT2D eigenvalue weighted by Crippen LogP contribution is 2.16. The van der Waals surface area contributed by atoms with E-state index in [4.69, 9.17) is 14.2 Å². The summed E-state index contributed by atoms with van der Waals surface area (Å²) in [6.07, 6.45) is 2.80. The Morgan fingerprint density at radius 1 is 0.903 bits per heavy atom. The maximum atomic E-state index is 12.1. The summed E-state index contributed by atoms with van der Waals surface area (Å²) in [5.41, 5.74) is 1.48. The lowest BCUT2D eigenvalue weighted by molar-refractivity contribution is -0.147. The number of esters is 1. The fraction of sp³-hybridized carbons (Fsp3) is 0.400. The molecule has 0 N–H and O–H groups in total. The Kier molecular flexibility index (Phi) is 11.0. The van der Waals surface area contributed by atoms with Crippen molar-refractivity contribution >= 4 is 18.7 Å². The normalized spacial score (nSPS) is 13.6. The van der Waals surface area contributed by atoms with Crippen LogP contribution in [0.25, 0.3) is 0 Å². The summed E-state index contributed by atoms with van der Waals surface area (Å²) in [4.78, 5) is 34.4. The first kappa shape index (κ1) is 24.3. The van der Waals surface area contributed by atoms with Gasteiger partial charge < -0.3 is 19.0 Å². The average Bonchev–Trinajstić information content (AvgIpc) is 2.80. The lowest BCUT2D eigenvalue weighted by Crippen LogP contribution is -2.33. The van der Waals surface area contributed by atoms with E-state index in [1.165, 1.54) is 0 Å². The molecule has 2 aromatic rings. The smallest absolute Gasteiger partial charge is 0.338 e. The zero-order chi connectivity index (χ0) is 22.3. The molecule has 31 heavy (non-hydrogen) atoms. The third-order valence-corrected chi connectivity index (χ3v) is 4.93. The third kappa shape index (κ3) is 9.13. The molecule has 166 valence electrons. The van der Waals surface area contributed by atoms with Gasteiger partial charge in [-0.3, -0.25) is 4.79 Å². The van der Waals surface area contributed by atoms with Gasteiger partial charge in [-0.25, -0.2) is 4.79 Å². The molecule has 0 fully saturated rings. The van der Waals surface area contributed by atoms with E-state index in [1.807, 2.05) is 43.3 Å². The lowest BCUT2D eigenvalue weighted by atomic mass is 10.0. The van der Waals surface area contributed by atoms with Gasteiger partial charge in [-0.15, -0.1) is 0 Å². The summed E-state index contributed by atoms with van der Waals surface area (Å²) in [6.45, 7) is 2.50. The number of benzene rings is 2. The maximum absolute atomic E-state index is 12.1. The molecule has 0 bridgehead atoms. The Morgan fingerprint density at radius 2 is 1.55 bits per heavy atom. The van der Waals surface area contributed by atoms with Crippen LogP contribution in [0.3, 0.4) is 0 Å². The number of carbonyl (C=O) groups is 3. The van der Waals surface area contributed by atoms with Gasteiger partial charge in [-0.2, -0.15) is 0 Å². The van der Waals surface area contributed by atoms with Crippen molar-refractivity contribution in [3.63, 3.8) is 0 Å². The molecule has 0 aliphatic carbocycles. The molecule has 6 heteroatoms. The second kappa shape index (κ2) is 14.1. The molecule has 0 amide bonds. The summed E-state index contributed by atoms with van der Waals surface area (Å²) in [7, 11) is 0. The van der Waals surface area contributed by atoms with Gasteiger partial charge in [0.25, 0.3) is 6.47 Å². The number of hydrogen-bond acceptors (Lipinski definition) is 6. The van der Waals surface area contributed by atoms with E-state index < -0.39 is 12.2 Å². The van der Waals surface area contributed by atoms with Gasteiger partial charge in [0.05, 0.1) is 18.3 Å². The van der Waals surface area contributed by atoms with Crippen molar-refractivity contribution in [1.82, 2.24) is 0 Å². The molecule has 0 saturated carbocycles. The van der Waals surface area contributed by atoms with Gasteiger partial charge in [0.2, 0.25) is 0 Å². The SMILES string of the molecule is C[C@H](CCCCC[C@@H](OC=O)[C@@H](C=O)OCc1ccccc1)OC(=O)c1ccccc1. The minimum absolute atomic E-state index is 0.188. The fourth-order valence-corrected chi connectivity index (χ4v) is 3.22. The van der Waals surface area contributed by atoms with Crippen LogP contribution in [0.15, 0.2) is 60.7 Å². The van der Waals surface area contributed by atoms with Gasteiger partial charge >= 0.3 is 5.97 Å². The molecule has 3 atom stereocenters. The number of rotatable bonds is 15. The zero-order valence-corrected chi connectivity index (χ0v) is 17.9. The van der Waals surface area contributed by atoms with Crippen LogP contribution in [0.2, 0.25) is 0 Å². The zero-order valence-electron chi connectivity index (χ0n) is 17.9. The van der Waals surface area contributed by atoms with Gasteiger partial charge in [0.15, 0.2) is 6.29 Å². The van der Waals surface area contributed by atoms with E-state index in [1.54, 1.807) is 24.3 Å². The molecule has 2 rings (SSSR count). The standard InChI is InChI=1S/C25H30O6/c1-20(31-25(28)22-14-8-4-9-15-22)11-5-2-10-16-23(30-19-27)24(17-26)29-18-21-12-6-3-7-13-21/h3-4,6-9,12-15,17,19-20,23-24H,2,5,10-11,16,18H2,1H3/t20-,23-,24-/m1/s1. The van der Waals surface area contributed by atoms with Crippen molar-refractivity contribution in [1.29, 1.82) is 0 Å². The first-order valence-electron chi connectivity index (χ1n) is 10.6. The number of hydrogen-bond donors (Lipinski definition) is 0. The van der Waals surface area contributed by atoms with Crippen LogP contribution < -0.4 is 0 Å². The van der Waals surface area contributed by atoms with Crippen molar-refractivity contribution in [3.8, 4) is 0 Å². The summed E-state index contributed by atoms with van der Waals surface area (Å²) < 4.78 is 16.2. The van der Waals surface area contributed by atoms with E-state index in [-0.39, 0.29) is 18.7 Å². The summed E-state index contributed by atoms with van der Waals surface area (Å²) in [5.74, 6) is -0.322. The first-order chi connectivity index (χ1) is 15.1. The number of aldehydes is 1. The van der Waals surface area contributed by atoms with Gasteiger partial charge in [-0.05, 0) is 50.3 Å². The highest BCUT2D eigenvalue weighted by Gasteiger charge is 2.23. The van der Waals surface area contributed by atoms with Crippen LogP contribution in [-0.4, -0.2) is 37.0 Å². The lowest BCUT2D eigenvalue weighted by Gasteiger charge is -2.22. The molecule has 0 heterocycles. The number of ether oxygens (including phenoxy) is 3. The largest absolute Gasteiger partial charge is 0.461 e. The predicted octanol–water partition coefficient (Wildman–Crippen LogP) is 4.51. The number of carbonyl (C=O) groups excluding carboxylic acids is 3. The molecule has 0 spiro atoms. The van der Waals surface area contributed by atoms with Crippen LogP contribution in [-0.2, 0) is 30.4 Å². The molecular formula is C25H30O6. The van der Waals surface area contributed by atoms with Gasteiger partial charge in [-0.1, -0.05) is 55.0 Å². The molecule has 0 aromatic heterocycles. The Bertz CT molecular complexity index is 777. The molecule has 0 unspecified atom stereocenters. The van der Waals surface area contributed by atoms with E-state index in [0.717, 1.165) is 31.2 Å². The summed E-state index contributed by atoms with van der Waals surface area (Å²) in [5, 5.41) is 0. The van der Waals surface area contributed by atoms with E-state index >= 15 is 0 Å². The van der Waals surface area contributed by atoms with Crippen molar-refractivity contribution in [3.05, 3.63) is 71.8 Å². The Labute approximate surface area is 183 Å². The highest BCUT2D eigenvalue weighted by atomic mass is 16.6. The molecule has 0 aliphatic rings. The Hall–Kier alpha value is -2.99. The predicted molar refractivity (Wildman–Crippen MR) is 116 cm³/mol. The quantitative estimate of drug-likeness (QED) is 0.237. The topological polar surface area (TPSA) is 78.9 Å². The molecule has 0 aliphatic heterocycles. The van der Waals surface area contributed by atoms with Crippen LogP contribution in [0.4, 0.5) is 0 Å². The molecular weight excluding hydrogens is 396 g/mol. The monoisotopic (exact) mass is 426 g/mol. The Balaban J connectivity index is 1.69. The van der Waals surface area contributed by atoms with Crippen molar-refractivity contribution in [2.75, 3.05) is 0 Å². The van der Waals surface area contributed by atoms with Crippen molar-refractivity contribution in [2.45, 2.75) is 63.9 Å². The fourth-order valence-electron chi connectivity index (χ4n) is 3.22. The van der Waals surface area contributed by atoms with Crippen LogP contribution in [0, 0.1) is 0 Å². The van der Waals surface area contributed by atoms with Crippen molar-refractivity contribution < 1.29 is 28.6 Å². The summed E-state index contributed by atoms with van der Waals surface area (Å²) in [6, 6.07) is 18.4. The minimum atomic E-state index is -0.809. The molecule has 2 aromatic carbocycles.